The van der Waals surface area contributed by atoms with Gasteiger partial charge in [0.2, 0.25) is 0 Å². The standard InChI is InChI=1S/C15H16N4/c1-18-14(8-16)12-7-13(15(9-17)19-2)11-6-4-3-5-10(11)12/h10-15H,3-7H2. The van der Waals surface area contributed by atoms with E-state index in [4.69, 9.17) is 23.7 Å². The van der Waals surface area contributed by atoms with Crippen LogP contribution in [0.5, 0.6) is 0 Å². The van der Waals surface area contributed by atoms with Crippen molar-refractivity contribution in [1.29, 1.82) is 10.5 Å². The van der Waals surface area contributed by atoms with Gasteiger partial charge in [0.1, 0.15) is 0 Å². The monoisotopic (exact) mass is 252 g/mol. The van der Waals surface area contributed by atoms with Crippen molar-refractivity contribution in [2.75, 3.05) is 0 Å². The molecule has 0 radical (unpaired) electrons. The summed E-state index contributed by atoms with van der Waals surface area (Å²) in [6, 6.07) is 3.02. The molecule has 2 saturated carbocycles. The van der Waals surface area contributed by atoms with Gasteiger partial charge in [0, 0.05) is 0 Å². The van der Waals surface area contributed by atoms with Gasteiger partial charge in [-0.25, -0.2) is 13.1 Å². The summed E-state index contributed by atoms with van der Waals surface area (Å²) in [5.74, 6) is 0.871. The van der Waals surface area contributed by atoms with E-state index in [-0.39, 0.29) is 11.8 Å². The smallest absolute Gasteiger partial charge is 0.297 e. The fourth-order valence-electron chi connectivity index (χ4n) is 4.08. The van der Waals surface area contributed by atoms with Crippen LogP contribution in [-0.4, -0.2) is 12.1 Å². The van der Waals surface area contributed by atoms with E-state index in [9.17, 15) is 0 Å². The summed E-state index contributed by atoms with van der Waals surface area (Å²) in [5, 5.41) is 18.3. The maximum atomic E-state index is 9.13. The molecule has 0 N–H and O–H groups in total. The van der Waals surface area contributed by atoms with Crippen molar-refractivity contribution < 1.29 is 0 Å². The normalized spacial score (nSPS) is 35.8. The predicted molar refractivity (Wildman–Crippen MR) is 69.1 cm³/mol. The average molecular weight is 252 g/mol. The van der Waals surface area contributed by atoms with E-state index >= 15 is 0 Å². The molecular formula is C15H16N4. The molecule has 2 aliphatic rings. The highest BCUT2D eigenvalue weighted by atomic mass is 14.8. The van der Waals surface area contributed by atoms with Crippen LogP contribution in [0.1, 0.15) is 32.1 Å². The summed E-state index contributed by atoms with van der Waals surface area (Å²) < 4.78 is 0. The molecule has 0 aromatic carbocycles. The molecule has 6 atom stereocenters. The summed E-state index contributed by atoms with van der Waals surface area (Å²) in [6.45, 7) is 14.3. The van der Waals surface area contributed by atoms with E-state index in [0.717, 1.165) is 25.7 Å². The number of nitrogens with zero attached hydrogens (tertiary/aromatic N) is 4. The van der Waals surface area contributed by atoms with E-state index < -0.39 is 12.1 Å². The number of nitriles is 2. The maximum Gasteiger partial charge on any atom is 0.310 e. The van der Waals surface area contributed by atoms with E-state index in [2.05, 4.69) is 21.8 Å². The van der Waals surface area contributed by atoms with Gasteiger partial charge in [-0.15, -0.1) is 0 Å². The van der Waals surface area contributed by atoms with Crippen LogP contribution in [-0.2, 0) is 0 Å². The molecule has 0 aliphatic heterocycles. The minimum atomic E-state index is -0.597. The van der Waals surface area contributed by atoms with Crippen LogP contribution >= 0.6 is 0 Å². The van der Waals surface area contributed by atoms with Crippen LogP contribution in [0.2, 0.25) is 0 Å². The Morgan fingerprint density at radius 1 is 0.895 bits per heavy atom. The van der Waals surface area contributed by atoms with Crippen molar-refractivity contribution in [3.05, 3.63) is 22.8 Å². The molecule has 0 aromatic rings. The molecule has 0 heterocycles. The lowest BCUT2D eigenvalue weighted by atomic mass is 9.74. The van der Waals surface area contributed by atoms with E-state index in [1.54, 1.807) is 0 Å². The lowest BCUT2D eigenvalue weighted by molar-refractivity contribution is 0.200. The van der Waals surface area contributed by atoms with Crippen LogP contribution in [0.25, 0.3) is 9.69 Å². The van der Waals surface area contributed by atoms with Crippen molar-refractivity contribution in [1.82, 2.24) is 0 Å². The molecule has 2 aliphatic carbocycles. The minimum Gasteiger partial charge on any atom is -0.297 e. The van der Waals surface area contributed by atoms with E-state index in [1.165, 1.54) is 0 Å². The van der Waals surface area contributed by atoms with Crippen molar-refractivity contribution in [3.8, 4) is 12.1 Å². The Hall–Kier alpha value is -2.04. The molecule has 0 aromatic heterocycles. The van der Waals surface area contributed by atoms with Gasteiger partial charge in [0.05, 0.1) is 11.8 Å². The number of rotatable bonds is 2. The third-order valence-corrected chi connectivity index (χ3v) is 4.87. The zero-order valence-electron chi connectivity index (χ0n) is 10.8. The molecule has 0 amide bonds. The van der Waals surface area contributed by atoms with Crippen LogP contribution in [0.3, 0.4) is 0 Å². The van der Waals surface area contributed by atoms with Crippen molar-refractivity contribution in [2.24, 2.45) is 23.7 Å². The molecule has 0 bridgehead atoms. The van der Waals surface area contributed by atoms with Gasteiger partial charge in [0.25, 0.3) is 0 Å². The second-order valence-corrected chi connectivity index (χ2v) is 5.58. The summed E-state index contributed by atoms with van der Waals surface area (Å²) in [4.78, 5) is 6.91. The second-order valence-electron chi connectivity index (χ2n) is 5.58. The summed E-state index contributed by atoms with van der Waals surface area (Å²) in [6.07, 6.45) is 5.10. The third kappa shape index (κ3) is 2.28. The van der Waals surface area contributed by atoms with Crippen LogP contribution < -0.4 is 0 Å². The van der Waals surface area contributed by atoms with Crippen molar-refractivity contribution in [3.63, 3.8) is 0 Å². The van der Waals surface area contributed by atoms with E-state index in [0.29, 0.717) is 18.3 Å². The number of fused-ring (bicyclic) bond motifs is 1. The molecule has 0 spiro atoms. The first kappa shape index (κ1) is 13.4. The largest absolute Gasteiger partial charge is 0.310 e. The van der Waals surface area contributed by atoms with Crippen molar-refractivity contribution >= 4 is 0 Å². The lowest BCUT2D eigenvalue weighted by Crippen LogP contribution is -2.28. The quantitative estimate of drug-likeness (QED) is 0.709. The van der Waals surface area contributed by atoms with Gasteiger partial charge in [-0.05, 0) is 31.1 Å². The molecular weight excluding hydrogens is 236 g/mol. The first-order valence-electron chi connectivity index (χ1n) is 6.79. The molecule has 2 fully saturated rings. The Kier molecular flexibility index (Phi) is 4.04. The zero-order chi connectivity index (χ0) is 13.8. The number of hydrogen-bond donors (Lipinski definition) is 0. The Morgan fingerprint density at radius 2 is 1.32 bits per heavy atom. The molecule has 2 rings (SSSR count). The highest BCUT2D eigenvalue weighted by Gasteiger charge is 2.53. The Bertz CT molecular complexity index is 424. The first-order chi connectivity index (χ1) is 9.26. The maximum absolute atomic E-state index is 9.13. The molecule has 19 heavy (non-hydrogen) atoms. The van der Waals surface area contributed by atoms with Crippen molar-refractivity contribution in [2.45, 2.75) is 44.2 Å². The second kappa shape index (κ2) is 5.73. The van der Waals surface area contributed by atoms with Crippen LogP contribution in [0, 0.1) is 59.5 Å². The molecule has 4 heteroatoms. The number of hydrogen-bond acceptors (Lipinski definition) is 2. The molecule has 6 unspecified atom stereocenters. The van der Waals surface area contributed by atoms with Gasteiger partial charge in [0.15, 0.2) is 12.1 Å². The highest BCUT2D eigenvalue weighted by molar-refractivity contribution is 5.14. The minimum absolute atomic E-state index is 0.0652. The van der Waals surface area contributed by atoms with Gasteiger partial charge in [-0.2, -0.15) is 10.5 Å². The Balaban J connectivity index is 2.26. The van der Waals surface area contributed by atoms with Gasteiger partial charge in [-0.1, -0.05) is 12.8 Å². The lowest BCUT2D eigenvalue weighted by Gasteiger charge is -2.30. The summed E-state index contributed by atoms with van der Waals surface area (Å²) in [5.41, 5.74) is 0. The zero-order valence-corrected chi connectivity index (χ0v) is 10.8. The topological polar surface area (TPSA) is 56.3 Å². The van der Waals surface area contributed by atoms with Crippen LogP contribution in [0.4, 0.5) is 0 Å². The SMILES string of the molecule is [C-]#[N+]C(C#N)C1CC(C(C#N)[N+]#[C-])C2CCCCC12. The fourth-order valence-corrected chi connectivity index (χ4v) is 4.08. The summed E-state index contributed by atoms with van der Waals surface area (Å²) in [7, 11) is 0. The summed E-state index contributed by atoms with van der Waals surface area (Å²) >= 11 is 0. The van der Waals surface area contributed by atoms with Crippen LogP contribution in [0.15, 0.2) is 0 Å². The molecule has 0 saturated heterocycles. The average Bonchev–Trinajstić information content (AvgIpc) is 2.82. The molecule has 4 nitrogen and oxygen atoms in total. The third-order valence-electron chi connectivity index (χ3n) is 4.87. The van der Waals surface area contributed by atoms with E-state index in [1.807, 2.05) is 0 Å². The first-order valence-corrected chi connectivity index (χ1v) is 6.79. The predicted octanol–water partition coefficient (Wildman–Crippen LogP) is 3.05. The van der Waals surface area contributed by atoms with Gasteiger partial charge < -0.3 is 0 Å². The van der Waals surface area contributed by atoms with Gasteiger partial charge >= 0.3 is 12.1 Å². The molecule has 96 valence electrons. The van der Waals surface area contributed by atoms with Gasteiger partial charge in [-0.3, -0.25) is 9.69 Å². The Labute approximate surface area is 114 Å². The fraction of sp³-hybridized carbons (Fsp3) is 0.733. The Morgan fingerprint density at radius 3 is 1.63 bits per heavy atom. The highest BCUT2D eigenvalue weighted by Crippen LogP contribution is 2.52.